The molecule has 0 aromatic carbocycles. The predicted octanol–water partition coefficient (Wildman–Crippen LogP) is 3.50. The molecule has 3 heterocycles. The first-order valence-electron chi connectivity index (χ1n) is 8.73. The van der Waals surface area contributed by atoms with Crippen LogP contribution in [-0.4, -0.2) is 36.8 Å². The van der Waals surface area contributed by atoms with Crippen molar-refractivity contribution in [2.75, 3.05) is 11.9 Å². The van der Waals surface area contributed by atoms with Crippen molar-refractivity contribution < 1.29 is 4.39 Å². The molecule has 1 aliphatic carbocycles. The molecule has 3 aromatic heterocycles. The standard InChI is InChI=1S/C19H21FN6/c1-12-10-26-17(23-12)6-5-16(25-26)13(2)15-9-21-18(24-14(15)3)22-11-19(20)7-4-8-19/h5-6,9-10H,2,4,7-8,11H2,1,3H3,(H,21,22,24). The Morgan fingerprint density at radius 3 is 2.81 bits per heavy atom. The molecule has 1 saturated carbocycles. The summed E-state index contributed by atoms with van der Waals surface area (Å²) in [5, 5.41) is 7.56. The molecule has 6 nitrogen and oxygen atoms in total. The summed E-state index contributed by atoms with van der Waals surface area (Å²) < 4.78 is 15.8. The van der Waals surface area contributed by atoms with Gasteiger partial charge in [-0.15, -0.1) is 0 Å². The highest BCUT2D eigenvalue weighted by Gasteiger charge is 2.36. The third-order valence-corrected chi connectivity index (χ3v) is 4.87. The molecule has 1 fully saturated rings. The van der Waals surface area contributed by atoms with Crippen molar-refractivity contribution in [1.82, 2.24) is 24.6 Å². The van der Waals surface area contributed by atoms with Gasteiger partial charge >= 0.3 is 0 Å². The molecule has 7 heteroatoms. The maximum absolute atomic E-state index is 14.1. The van der Waals surface area contributed by atoms with E-state index in [2.05, 4.69) is 31.9 Å². The van der Waals surface area contributed by atoms with E-state index in [4.69, 9.17) is 0 Å². The van der Waals surface area contributed by atoms with Gasteiger partial charge in [0.15, 0.2) is 5.65 Å². The zero-order chi connectivity index (χ0) is 18.3. The monoisotopic (exact) mass is 352 g/mol. The quantitative estimate of drug-likeness (QED) is 0.761. The fourth-order valence-electron chi connectivity index (χ4n) is 3.12. The van der Waals surface area contributed by atoms with E-state index in [1.165, 1.54) is 0 Å². The van der Waals surface area contributed by atoms with Crippen molar-refractivity contribution in [3.8, 4) is 0 Å². The lowest BCUT2D eigenvalue weighted by Crippen LogP contribution is -2.39. The number of fused-ring (bicyclic) bond motifs is 1. The van der Waals surface area contributed by atoms with Gasteiger partial charge < -0.3 is 5.32 Å². The fourth-order valence-corrected chi connectivity index (χ4v) is 3.12. The summed E-state index contributed by atoms with van der Waals surface area (Å²) in [5.74, 6) is 0.441. The number of anilines is 1. The van der Waals surface area contributed by atoms with E-state index in [0.717, 1.165) is 40.3 Å². The Morgan fingerprint density at radius 2 is 2.12 bits per heavy atom. The summed E-state index contributed by atoms with van der Waals surface area (Å²) in [6.45, 7) is 8.22. The number of nitrogens with one attached hydrogen (secondary N) is 1. The maximum Gasteiger partial charge on any atom is 0.222 e. The number of nitrogens with zero attached hydrogens (tertiary/aromatic N) is 5. The summed E-state index contributed by atoms with van der Waals surface area (Å²) in [7, 11) is 0. The van der Waals surface area contributed by atoms with Crippen molar-refractivity contribution in [3.05, 3.63) is 53.8 Å². The Morgan fingerprint density at radius 1 is 1.31 bits per heavy atom. The largest absolute Gasteiger partial charge is 0.351 e. The Bertz CT molecular complexity index is 989. The lowest BCUT2D eigenvalue weighted by Gasteiger charge is -2.33. The first kappa shape index (κ1) is 16.6. The second-order valence-electron chi connectivity index (χ2n) is 6.93. The van der Waals surface area contributed by atoms with Gasteiger partial charge in [-0.1, -0.05) is 6.58 Å². The molecule has 0 saturated heterocycles. The molecule has 26 heavy (non-hydrogen) atoms. The van der Waals surface area contributed by atoms with Crippen LogP contribution < -0.4 is 5.32 Å². The van der Waals surface area contributed by atoms with Crippen molar-refractivity contribution in [3.63, 3.8) is 0 Å². The minimum Gasteiger partial charge on any atom is -0.351 e. The SMILES string of the molecule is C=C(c1ccc2nc(C)cn2n1)c1cnc(NCC2(F)CCC2)nc1C. The first-order valence-corrected chi connectivity index (χ1v) is 8.73. The molecule has 0 amide bonds. The van der Waals surface area contributed by atoms with Gasteiger partial charge in [0.1, 0.15) is 5.67 Å². The number of alkyl halides is 1. The molecular formula is C19H21FN6. The molecular weight excluding hydrogens is 331 g/mol. The Hall–Kier alpha value is -2.83. The fraction of sp³-hybridized carbons (Fsp3) is 0.368. The van der Waals surface area contributed by atoms with Crippen LogP contribution in [-0.2, 0) is 0 Å². The average Bonchev–Trinajstić information content (AvgIpc) is 2.97. The summed E-state index contributed by atoms with van der Waals surface area (Å²) in [6, 6.07) is 3.80. The van der Waals surface area contributed by atoms with Crippen LogP contribution in [0.5, 0.6) is 0 Å². The summed E-state index contributed by atoms with van der Waals surface area (Å²) in [6.07, 6.45) is 5.75. The van der Waals surface area contributed by atoms with Crippen molar-refractivity contribution in [2.24, 2.45) is 0 Å². The molecule has 0 radical (unpaired) electrons. The molecule has 0 aliphatic heterocycles. The van der Waals surface area contributed by atoms with Gasteiger partial charge in [0.2, 0.25) is 5.95 Å². The normalized spacial score (nSPS) is 15.7. The molecule has 4 rings (SSSR count). The van der Waals surface area contributed by atoms with Crippen molar-refractivity contribution in [1.29, 1.82) is 0 Å². The zero-order valence-corrected chi connectivity index (χ0v) is 15.0. The van der Waals surface area contributed by atoms with Crippen LogP contribution >= 0.6 is 0 Å². The number of aryl methyl sites for hydroxylation is 2. The van der Waals surface area contributed by atoms with E-state index in [0.29, 0.717) is 18.8 Å². The number of aromatic nitrogens is 5. The number of rotatable bonds is 5. The molecule has 0 spiro atoms. The van der Waals surface area contributed by atoms with Crippen LogP contribution in [0.2, 0.25) is 0 Å². The minimum absolute atomic E-state index is 0.255. The van der Waals surface area contributed by atoms with Crippen LogP contribution in [0.1, 0.15) is 41.9 Å². The molecule has 1 N–H and O–H groups in total. The van der Waals surface area contributed by atoms with E-state index in [9.17, 15) is 4.39 Å². The van der Waals surface area contributed by atoms with Gasteiger partial charge in [-0.2, -0.15) is 5.10 Å². The van der Waals surface area contributed by atoms with Gasteiger partial charge in [-0.25, -0.2) is 23.9 Å². The molecule has 1 aliphatic rings. The number of hydrogen-bond donors (Lipinski definition) is 1. The first-order chi connectivity index (χ1) is 12.4. The van der Waals surface area contributed by atoms with E-state index >= 15 is 0 Å². The Kier molecular flexibility index (Phi) is 3.94. The average molecular weight is 352 g/mol. The highest BCUT2D eigenvalue weighted by molar-refractivity contribution is 5.77. The Labute approximate surface area is 151 Å². The molecule has 0 atom stereocenters. The van der Waals surface area contributed by atoms with Crippen LogP contribution in [0.3, 0.4) is 0 Å². The molecule has 0 bridgehead atoms. The van der Waals surface area contributed by atoms with Gasteiger partial charge in [0.25, 0.3) is 0 Å². The lowest BCUT2D eigenvalue weighted by atomic mass is 9.82. The van der Waals surface area contributed by atoms with Crippen molar-refractivity contribution >= 4 is 17.2 Å². The molecule has 134 valence electrons. The maximum atomic E-state index is 14.1. The van der Waals surface area contributed by atoms with Crippen LogP contribution in [0.25, 0.3) is 11.2 Å². The van der Waals surface area contributed by atoms with E-state index in [-0.39, 0.29) is 6.54 Å². The van der Waals surface area contributed by atoms with E-state index in [1.807, 2.05) is 32.2 Å². The lowest BCUT2D eigenvalue weighted by molar-refractivity contribution is 0.0782. The zero-order valence-electron chi connectivity index (χ0n) is 15.0. The van der Waals surface area contributed by atoms with Gasteiger partial charge in [0, 0.05) is 17.3 Å². The van der Waals surface area contributed by atoms with Gasteiger partial charge in [-0.3, -0.25) is 0 Å². The number of imidazole rings is 1. The Balaban J connectivity index is 1.54. The van der Waals surface area contributed by atoms with Crippen molar-refractivity contribution in [2.45, 2.75) is 38.8 Å². The summed E-state index contributed by atoms with van der Waals surface area (Å²) in [4.78, 5) is 13.1. The second kappa shape index (κ2) is 6.16. The number of halogens is 1. The molecule has 3 aromatic rings. The van der Waals surface area contributed by atoms with Crippen LogP contribution in [0, 0.1) is 13.8 Å². The van der Waals surface area contributed by atoms with Gasteiger partial charge in [-0.05, 0) is 45.2 Å². The predicted molar refractivity (Wildman–Crippen MR) is 98.8 cm³/mol. The molecule has 0 unspecified atom stereocenters. The van der Waals surface area contributed by atoms with Crippen LogP contribution in [0.15, 0.2) is 31.1 Å². The summed E-state index contributed by atoms with van der Waals surface area (Å²) in [5.41, 5.74) is 3.66. The van der Waals surface area contributed by atoms with E-state index < -0.39 is 5.67 Å². The summed E-state index contributed by atoms with van der Waals surface area (Å²) >= 11 is 0. The van der Waals surface area contributed by atoms with E-state index in [1.54, 1.807) is 10.7 Å². The van der Waals surface area contributed by atoms with Crippen LogP contribution in [0.4, 0.5) is 10.3 Å². The topological polar surface area (TPSA) is 68.0 Å². The third kappa shape index (κ3) is 3.05. The minimum atomic E-state index is -1.11. The highest BCUT2D eigenvalue weighted by atomic mass is 19.1. The number of hydrogen-bond acceptors (Lipinski definition) is 5. The van der Waals surface area contributed by atoms with Gasteiger partial charge in [0.05, 0.1) is 29.8 Å². The third-order valence-electron chi connectivity index (χ3n) is 4.87. The smallest absolute Gasteiger partial charge is 0.222 e. The second-order valence-corrected chi connectivity index (χ2v) is 6.93. The highest BCUT2D eigenvalue weighted by Crippen LogP contribution is 2.35.